The fraction of sp³-hybridized carbons (Fsp3) is 0.632. The van der Waals surface area contributed by atoms with E-state index in [9.17, 15) is 4.79 Å². The Morgan fingerprint density at radius 1 is 1.36 bits per heavy atom. The number of ether oxygens (including phenoxy) is 2. The van der Waals surface area contributed by atoms with E-state index in [1.807, 2.05) is 24.3 Å². The maximum Gasteiger partial charge on any atom is 0.228 e. The van der Waals surface area contributed by atoms with Crippen molar-refractivity contribution in [1.29, 1.82) is 0 Å². The highest BCUT2D eigenvalue weighted by atomic mass is 35.5. The number of anilines is 1. The largest absolute Gasteiger partial charge is 0.491 e. The van der Waals surface area contributed by atoms with E-state index >= 15 is 0 Å². The summed E-state index contributed by atoms with van der Waals surface area (Å²) in [5.41, 5.74) is 1.09. The molecule has 1 aliphatic carbocycles. The molecule has 0 aromatic heterocycles. The quantitative estimate of drug-likeness (QED) is 0.841. The second-order valence-corrected chi connectivity index (χ2v) is 7.33. The molecule has 2 atom stereocenters. The van der Waals surface area contributed by atoms with Gasteiger partial charge < -0.3 is 20.1 Å². The van der Waals surface area contributed by atoms with Gasteiger partial charge in [-0.3, -0.25) is 4.79 Å². The topological polar surface area (TPSA) is 59.6 Å². The van der Waals surface area contributed by atoms with E-state index in [2.05, 4.69) is 10.6 Å². The lowest BCUT2D eigenvalue weighted by Gasteiger charge is -2.23. The molecule has 5 nitrogen and oxygen atoms in total. The number of nitrogens with one attached hydrogen (secondary N) is 2. The Bertz CT molecular complexity index is 598. The van der Waals surface area contributed by atoms with Gasteiger partial charge in [0, 0.05) is 24.3 Å². The standard InChI is InChI=1S/C19H26N2O3.ClH/c22-18(17-12-19(17)6-8-20-9-7-19)21-14-3-1-4-15(11-14)24-13-16-5-2-10-23-16;/h1,3-4,11,16-17,20H,2,5-10,12-13H2,(H,21,22);1H. The van der Waals surface area contributed by atoms with Gasteiger partial charge in [0.15, 0.2) is 0 Å². The van der Waals surface area contributed by atoms with Gasteiger partial charge in [0.2, 0.25) is 5.91 Å². The van der Waals surface area contributed by atoms with Gasteiger partial charge in [0.05, 0.1) is 6.10 Å². The minimum Gasteiger partial charge on any atom is -0.491 e. The average Bonchev–Trinajstić information content (AvgIpc) is 3.05. The van der Waals surface area contributed by atoms with Gasteiger partial charge in [-0.2, -0.15) is 0 Å². The Hall–Kier alpha value is -1.30. The van der Waals surface area contributed by atoms with Gasteiger partial charge in [0.25, 0.3) is 0 Å². The van der Waals surface area contributed by atoms with Gasteiger partial charge in [-0.1, -0.05) is 6.07 Å². The van der Waals surface area contributed by atoms with Gasteiger partial charge >= 0.3 is 0 Å². The minimum absolute atomic E-state index is 0. The Morgan fingerprint density at radius 3 is 2.96 bits per heavy atom. The van der Waals surface area contributed by atoms with Crippen LogP contribution in [-0.2, 0) is 9.53 Å². The van der Waals surface area contributed by atoms with E-state index in [1.54, 1.807) is 0 Å². The Kier molecular flexibility index (Phi) is 5.87. The number of amides is 1. The first-order valence-electron chi connectivity index (χ1n) is 9.11. The maximum atomic E-state index is 12.5. The lowest BCUT2D eigenvalue weighted by molar-refractivity contribution is -0.118. The van der Waals surface area contributed by atoms with Gasteiger partial charge in [-0.15, -0.1) is 12.4 Å². The van der Waals surface area contributed by atoms with E-state index in [0.717, 1.165) is 63.2 Å². The molecule has 4 rings (SSSR count). The molecule has 1 saturated carbocycles. The number of hydrogen-bond donors (Lipinski definition) is 2. The molecule has 3 fully saturated rings. The summed E-state index contributed by atoms with van der Waals surface area (Å²) in [6.45, 7) is 3.49. The van der Waals surface area contributed by atoms with Crippen LogP contribution in [0.1, 0.15) is 32.1 Å². The number of carbonyl (C=O) groups is 1. The van der Waals surface area contributed by atoms with E-state index in [0.29, 0.717) is 6.61 Å². The monoisotopic (exact) mass is 366 g/mol. The van der Waals surface area contributed by atoms with Crippen LogP contribution in [0.25, 0.3) is 0 Å². The van der Waals surface area contributed by atoms with Crippen LogP contribution >= 0.6 is 12.4 Å². The normalized spacial score (nSPS) is 26.7. The van der Waals surface area contributed by atoms with Crippen molar-refractivity contribution < 1.29 is 14.3 Å². The van der Waals surface area contributed by atoms with Gasteiger partial charge in [0.1, 0.15) is 12.4 Å². The molecule has 2 N–H and O–H groups in total. The van der Waals surface area contributed by atoms with Crippen LogP contribution in [0.15, 0.2) is 24.3 Å². The highest BCUT2D eigenvalue weighted by Gasteiger charge is 2.57. The molecule has 3 aliphatic rings. The average molecular weight is 367 g/mol. The van der Waals surface area contributed by atoms with Crippen LogP contribution in [0.2, 0.25) is 0 Å². The molecule has 2 unspecified atom stereocenters. The zero-order valence-electron chi connectivity index (χ0n) is 14.5. The zero-order chi connectivity index (χ0) is 16.4. The van der Waals surface area contributed by atoms with Crippen LogP contribution in [0, 0.1) is 11.3 Å². The number of carbonyl (C=O) groups excluding carboxylic acids is 1. The third-order valence-electron chi connectivity index (χ3n) is 5.67. The van der Waals surface area contributed by atoms with Crippen molar-refractivity contribution >= 4 is 24.0 Å². The SMILES string of the molecule is Cl.O=C(Nc1cccc(OCC2CCCO2)c1)C1CC12CCNCC2. The molecule has 2 aliphatic heterocycles. The van der Waals surface area contributed by atoms with E-state index in [-0.39, 0.29) is 35.8 Å². The predicted molar refractivity (Wildman–Crippen MR) is 99.4 cm³/mol. The molecule has 2 saturated heterocycles. The Balaban J connectivity index is 0.00000182. The first kappa shape index (κ1) is 18.5. The molecule has 25 heavy (non-hydrogen) atoms. The van der Waals surface area contributed by atoms with Crippen molar-refractivity contribution in [3.63, 3.8) is 0 Å². The van der Waals surface area contributed by atoms with E-state index < -0.39 is 0 Å². The van der Waals surface area contributed by atoms with Crippen LogP contribution in [-0.4, -0.2) is 38.3 Å². The van der Waals surface area contributed by atoms with Crippen LogP contribution in [0.4, 0.5) is 5.69 Å². The highest BCUT2D eigenvalue weighted by molar-refractivity contribution is 5.95. The van der Waals surface area contributed by atoms with Crippen molar-refractivity contribution in [3.8, 4) is 5.75 Å². The fourth-order valence-electron chi connectivity index (χ4n) is 4.05. The zero-order valence-corrected chi connectivity index (χ0v) is 15.3. The fourth-order valence-corrected chi connectivity index (χ4v) is 4.05. The summed E-state index contributed by atoms with van der Waals surface area (Å²) in [4.78, 5) is 12.5. The van der Waals surface area contributed by atoms with Crippen LogP contribution in [0.3, 0.4) is 0 Å². The van der Waals surface area contributed by atoms with Crippen molar-refractivity contribution in [1.82, 2.24) is 5.32 Å². The smallest absolute Gasteiger partial charge is 0.228 e. The van der Waals surface area contributed by atoms with Crippen molar-refractivity contribution in [2.24, 2.45) is 11.3 Å². The molecule has 138 valence electrons. The van der Waals surface area contributed by atoms with Crippen molar-refractivity contribution in [2.45, 2.75) is 38.2 Å². The van der Waals surface area contributed by atoms with E-state index in [4.69, 9.17) is 9.47 Å². The summed E-state index contributed by atoms with van der Waals surface area (Å²) >= 11 is 0. The van der Waals surface area contributed by atoms with Gasteiger partial charge in [-0.05, 0) is 62.7 Å². The summed E-state index contributed by atoms with van der Waals surface area (Å²) in [5.74, 6) is 1.12. The number of benzene rings is 1. The number of piperidine rings is 1. The van der Waals surface area contributed by atoms with E-state index in [1.165, 1.54) is 0 Å². The first-order valence-corrected chi connectivity index (χ1v) is 9.11. The highest BCUT2D eigenvalue weighted by Crippen LogP contribution is 2.58. The molecule has 1 spiro atoms. The third kappa shape index (κ3) is 4.27. The number of rotatable bonds is 5. The number of hydrogen-bond acceptors (Lipinski definition) is 4. The number of halogens is 1. The molecule has 1 aromatic rings. The molecule has 1 amide bonds. The summed E-state index contributed by atoms with van der Waals surface area (Å²) in [5, 5.41) is 6.45. The summed E-state index contributed by atoms with van der Waals surface area (Å²) < 4.78 is 11.4. The molecular weight excluding hydrogens is 340 g/mol. The first-order chi connectivity index (χ1) is 11.8. The van der Waals surface area contributed by atoms with Gasteiger partial charge in [-0.25, -0.2) is 0 Å². The maximum absolute atomic E-state index is 12.5. The molecule has 2 heterocycles. The summed E-state index contributed by atoms with van der Waals surface area (Å²) in [7, 11) is 0. The van der Waals surface area contributed by atoms with Crippen LogP contribution in [0.5, 0.6) is 5.75 Å². The molecule has 0 radical (unpaired) electrons. The van der Waals surface area contributed by atoms with Crippen molar-refractivity contribution in [2.75, 3.05) is 31.6 Å². The summed E-state index contributed by atoms with van der Waals surface area (Å²) in [6, 6.07) is 7.68. The molecule has 0 bridgehead atoms. The Labute approximate surface area is 155 Å². The summed E-state index contributed by atoms with van der Waals surface area (Å²) in [6.07, 6.45) is 5.66. The predicted octanol–water partition coefficient (Wildman–Crippen LogP) is 2.99. The molecular formula is C19H27ClN2O3. The van der Waals surface area contributed by atoms with Crippen LogP contribution < -0.4 is 15.4 Å². The Morgan fingerprint density at radius 2 is 2.20 bits per heavy atom. The van der Waals surface area contributed by atoms with Crippen molar-refractivity contribution in [3.05, 3.63) is 24.3 Å². The lowest BCUT2D eigenvalue weighted by Crippen LogP contribution is -2.31. The second kappa shape index (κ2) is 7.94. The second-order valence-electron chi connectivity index (χ2n) is 7.33. The minimum atomic E-state index is 0. The lowest BCUT2D eigenvalue weighted by atomic mass is 9.92. The third-order valence-corrected chi connectivity index (χ3v) is 5.67. The molecule has 6 heteroatoms. The molecule has 1 aromatic carbocycles.